The fourth-order valence-corrected chi connectivity index (χ4v) is 3.43. The number of rotatable bonds is 4. The SMILES string of the molecule is C[C@H](OC(=O)c1cc(-c2cccc3ccccc23)nc2ccccc12)C(=O)NC(N)=O. The first-order valence-corrected chi connectivity index (χ1v) is 9.63. The fourth-order valence-electron chi connectivity index (χ4n) is 3.43. The highest BCUT2D eigenvalue weighted by Gasteiger charge is 2.22. The number of nitrogens with two attached hydrogens (primary N) is 1. The molecule has 0 aliphatic rings. The van der Waals surface area contributed by atoms with Gasteiger partial charge in [0.05, 0.1) is 16.8 Å². The summed E-state index contributed by atoms with van der Waals surface area (Å²) in [7, 11) is 0. The second kappa shape index (κ2) is 8.23. The van der Waals surface area contributed by atoms with E-state index < -0.39 is 24.0 Å². The minimum absolute atomic E-state index is 0.271. The molecule has 4 rings (SSSR count). The first kappa shape index (κ1) is 20.0. The van der Waals surface area contributed by atoms with Gasteiger partial charge in [-0.25, -0.2) is 14.6 Å². The summed E-state index contributed by atoms with van der Waals surface area (Å²) in [5.41, 5.74) is 7.33. The van der Waals surface area contributed by atoms with Crippen molar-refractivity contribution in [1.29, 1.82) is 0 Å². The van der Waals surface area contributed by atoms with Crippen LogP contribution in [0.15, 0.2) is 72.8 Å². The van der Waals surface area contributed by atoms with E-state index in [-0.39, 0.29) is 5.56 Å². The zero-order chi connectivity index (χ0) is 22.0. The average Bonchev–Trinajstić information content (AvgIpc) is 2.77. The monoisotopic (exact) mass is 413 g/mol. The molecule has 0 spiro atoms. The van der Waals surface area contributed by atoms with Gasteiger partial charge < -0.3 is 10.5 Å². The Labute approximate surface area is 177 Å². The number of nitrogens with one attached hydrogen (secondary N) is 1. The van der Waals surface area contributed by atoms with Crippen LogP contribution in [0.3, 0.4) is 0 Å². The molecule has 0 radical (unpaired) electrons. The lowest BCUT2D eigenvalue weighted by atomic mass is 9.99. The molecular formula is C24H19N3O4. The standard InChI is InChI=1S/C24H19N3O4/c1-14(22(28)27-24(25)30)31-23(29)19-13-21(26-20-12-5-4-10-18(19)20)17-11-6-8-15-7-2-3-9-16(15)17/h2-14H,1H3,(H3,25,27,28,30)/t14-/m0/s1. The van der Waals surface area contributed by atoms with Crippen LogP contribution in [0, 0.1) is 0 Å². The zero-order valence-electron chi connectivity index (χ0n) is 16.7. The van der Waals surface area contributed by atoms with E-state index in [4.69, 9.17) is 15.5 Å². The van der Waals surface area contributed by atoms with Crippen molar-refractivity contribution in [3.8, 4) is 11.3 Å². The van der Waals surface area contributed by atoms with E-state index in [0.29, 0.717) is 16.6 Å². The molecule has 31 heavy (non-hydrogen) atoms. The zero-order valence-corrected chi connectivity index (χ0v) is 16.7. The van der Waals surface area contributed by atoms with E-state index in [1.165, 1.54) is 6.92 Å². The number of ether oxygens (including phenoxy) is 1. The Kier molecular flexibility index (Phi) is 5.32. The first-order valence-electron chi connectivity index (χ1n) is 9.63. The second-order valence-electron chi connectivity index (χ2n) is 7.00. The number of fused-ring (bicyclic) bond motifs is 2. The quantitative estimate of drug-likeness (QED) is 0.495. The van der Waals surface area contributed by atoms with Crippen LogP contribution in [0.25, 0.3) is 32.9 Å². The number of hydrogen-bond donors (Lipinski definition) is 2. The van der Waals surface area contributed by atoms with Gasteiger partial charge in [-0.1, -0.05) is 60.7 Å². The Morgan fingerprint density at radius 1 is 0.935 bits per heavy atom. The number of aromatic nitrogens is 1. The van der Waals surface area contributed by atoms with Gasteiger partial charge in [-0.2, -0.15) is 0 Å². The summed E-state index contributed by atoms with van der Waals surface area (Å²) in [6.45, 7) is 1.37. The van der Waals surface area contributed by atoms with Gasteiger partial charge in [0, 0.05) is 10.9 Å². The summed E-state index contributed by atoms with van der Waals surface area (Å²) in [5.74, 6) is -1.50. The third-order valence-electron chi connectivity index (χ3n) is 4.90. The molecule has 4 aromatic rings. The summed E-state index contributed by atoms with van der Waals surface area (Å²) in [5, 5.41) is 4.55. The molecule has 1 heterocycles. The van der Waals surface area contributed by atoms with Gasteiger partial charge in [0.2, 0.25) is 0 Å². The molecule has 1 aromatic heterocycles. The number of para-hydroxylation sites is 1. The number of nitrogens with zero attached hydrogens (tertiary/aromatic N) is 1. The molecule has 3 N–H and O–H groups in total. The van der Waals surface area contributed by atoms with Gasteiger partial charge in [0.1, 0.15) is 0 Å². The lowest BCUT2D eigenvalue weighted by molar-refractivity contribution is -0.127. The Morgan fingerprint density at radius 3 is 2.39 bits per heavy atom. The number of pyridine rings is 1. The van der Waals surface area contributed by atoms with Crippen LogP contribution in [-0.2, 0) is 9.53 Å². The molecule has 0 unspecified atom stereocenters. The smallest absolute Gasteiger partial charge is 0.339 e. The predicted octanol–water partition coefficient (Wildman–Crippen LogP) is 3.80. The van der Waals surface area contributed by atoms with Crippen molar-refractivity contribution in [2.45, 2.75) is 13.0 Å². The van der Waals surface area contributed by atoms with Crippen LogP contribution in [0.1, 0.15) is 17.3 Å². The summed E-state index contributed by atoms with van der Waals surface area (Å²) < 4.78 is 5.30. The number of carbonyl (C=O) groups is 3. The number of urea groups is 1. The third-order valence-corrected chi connectivity index (χ3v) is 4.90. The Hall–Kier alpha value is -4.26. The van der Waals surface area contributed by atoms with Gasteiger partial charge >= 0.3 is 12.0 Å². The molecule has 3 amide bonds. The fraction of sp³-hybridized carbons (Fsp3) is 0.0833. The number of hydrogen-bond acceptors (Lipinski definition) is 5. The number of esters is 1. The van der Waals surface area contributed by atoms with E-state index >= 15 is 0 Å². The summed E-state index contributed by atoms with van der Waals surface area (Å²) in [6, 6.07) is 21.6. The Bertz CT molecular complexity index is 1330. The molecule has 0 saturated carbocycles. The molecular weight excluding hydrogens is 394 g/mol. The predicted molar refractivity (Wildman–Crippen MR) is 117 cm³/mol. The van der Waals surface area contributed by atoms with E-state index in [1.54, 1.807) is 18.2 Å². The van der Waals surface area contributed by atoms with Gasteiger partial charge in [-0.3, -0.25) is 10.1 Å². The van der Waals surface area contributed by atoms with Crippen LogP contribution in [0.4, 0.5) is 4.79 Å². The summed E-state index contributed by atoms with van der Waals surface area (Å²) in [4.78, 5) is 40.5. The van der Waals surface area contributed by atoms with E-state index in [2.05, 4.69) is 0 Å². The van der Waals surface area contributed by atoms with E-state index in [9.17, 15) is 14.4 Å². The topological polar surface area (TPSA) is 111 Å². The highest BCUT2D eigenvalue weighted by Crippen LogP contribution is 2.30. The van der Waals surface area contributed by atoms with Crippen LogP contribution >= 0.6 is 0 Å². The number of benzene rings is 3. The molecule has 1 atom stereocenters. The highest BCUT2D eigenvalue weighted by molar-refractivity contribution is 6.07. The van der Waals surface area contributed by atoms with Crippen molar-refractivity contribution < 1.29 is 19.1 Å². The molecule has 7 heteroatoms. The van der Waals surface area contributed by atoms with Gasteiger partial charge in [0.15, 0.2) is 6.10 Å². The third kappa shape index (κ3) is 4.06. The average molecular weight is 413 g/mol. The van der Waals surface area contributed by atoms with Crippen molar-refractivity contribution in [2.75, 3.05) is 0 Å². The Morgan fingerprint density at radius 2 is 1.61 bits per heavy atom. The lowest BCUT2D eigenvalue weighted by Crippen LogP contribution is -2.42. The first-order chi connectivity index (χ1) is 14.9. The van der Waals surface area contributed by atoms with Crippen LogP contribution in [-0.4, -0.2) is 29.0 Å². The van der Waals surface area contributed by atoms with Crippen molar-refractivity contribution in [2.24, 2.45) is 5.73 Å². The van der Waals surface area contributed by atoms with Crippen molar-refractivity contribution in [3.05, 3.63) is 78.4 Å². The molecule has 154 valence electrons. The maximum Gasteiger partial charge on any atom is 0.339 e. The molecule has 7 nitrogen and oxygen atoms in total. The van der Waals surface area contributed by atoms with Crippen molar-refractivity contribution in [3.63, 3.8) is 0 Å². The molecule has 0 aliphatic heterocycles. The number of imide groups is 1. The van der Waals surface area contributed by atoms with Crippen molar-refractivity contribution in [1.82, 2.24) is 10.3 Å². The number of carbonyl (C=O) groups excluding carboxylic acids is 3. The van der Waals surface area contributed by atoms with Gasteiger partial charge in [-0.05, 0) is 29.8 Å². The molecule has 0 fully saturated rings. The van der Waals surface area contributed by atoms with E-state index in [0.717, 1.165) is 16.3 Å². The van der Waals surface area contributed by atoms with Crippen LogP contribution in [0.5, 0.6) is 0 Å². The van der Waals surface area contributed by atoms with Crippen LogP contribution < -0.4 is 11.1 Å². The van der Waals surface area contributed by atoms with Crippen molar-refractivity contribution >= 4 is 39.6 Å². The Balaban J connectivity index is 1.79. The maximum atomic E-state index is 13.0. The summed E-state index contributed by atoms with van der Waals surface area (Å²) in [6.07, 6.45) is -1.20. The molecule has 3 aromatic carbocycles. The number of amides is 3. The molecule has 0 saturated heterocycles. The number of primary amides is 1. The normalized spacial score (nSPS) is 11.8. The molecule has 0 bridgehead atoms. The maximum absolute atomic E-state index is 13.0. The van der Waals surface area contributed by atoms with Gasteiger partial charge in [0.25, 0.3) is 5.91 Å². The minimum atomic E-state index is -1.20. The minimum Gasteiger partial charge on any atom is -0.449 e. The second-order valence-corrected chi connectivity index (χ2v) is 7.00. The van der Waals surface area contributed by atoms with Crippen LogP contribution in [0.2, 0.25) is 0 Å². The summed E-state index contributed by atoms with van der Waals surface area (Å²) >= 11 is 0. The lowest BCUT2D eigenvalue weighted by Gasteiger charge is -2.14. The van der Waals surface area contributed by atoms with E-state index in [1.807, 2.05) is 59.9 Å². The largest absolute Gasteiger partial charge is 0.449 e. The highest BCUT2D eigenvalue weighted by atomic mass is 16.5. The van der Waals surface area contributed by atoms with Gasteiger partial charge in [-0.15, -0.1) is 0 Å². The molecule has 0 aliphatic carbocycles.